The highest BCUT2D eigenvalue weighted by Crippen LogP contribution is 2.60. The van der Waals surface area contributed by atoms with E-state index in [2.05, 4.69) is 6.92 Å². The van der Waals surface area contributed by atoms with Gasteiger partial charge in [-0.2, -0.15) is 0 Å². The van der Waals surface area contributed by atoms with Crippen molar-refractivity contribution >= 4 is 11.9 Å². The molecule has 2 fully saturated rings. The van der Waals surface area contributed by atoms with E-state index in [9.17, 15) is 19.8 Å². The van der Waals surface area contributed by atoms with Gasteiger partial charge in [-0.15, -0.1) is 0 Å². The van der Waals surface area contributed by atoms with Crippen LogP contribution < -0.4 is 4.74 Å². The number of aliphatic hydroxyl groups excluding tert-OH is 2. The van der Waals surface area contributed by atoms with Gasteiger partial charge in [-0.25, -0.2) is 0 Å². The molecule has 0 aliphatic heterocycles. The van der Waals surface area contributed by atoms with Crippen molar-refractivity contribution < 1.29 is 29.6 Å². The number of carboxylic acid groups (broad SMARTS) is 1. The van der Waals surface area contributed by atoms with Crippen molar-refractivity contribution in [2.75, 3.05) is 0 Å². The Morgan fingerprint density at radius 3 is 2.75 bits per heavy atom. The first kappa shape index (κ1) is 19.4. The van der Waals surface area contributed by atoms with Crippen molar-refractivity contribution in [1.29, 1.82) is 0 Å². The van der Waals surface area contributed by atoms with Gasteiger partial charge < -0.3 is 20.1 Å². The summed E-state index contributed by atoms with van der Waals surface area (Å²) in [5.74, 6) is 0.134. The van der Waals surface area contributed by atoms with E-state index in [0.29, 0.717) is 29.9 Å². The SMILES string of the molecule is C[C@]12CC[C@@H]3c4ccc(OC(=O)CCC(=O)O)cc4CC[C@H]3[C@@H]1C[C@@H](O)[C@@H]2O. The van der Waals surface area contributed by atoms with E-state index in [4.69, 9.17) is 9.84 Å². The number of hydrogen-bond donors (Lipinski definition) is 3. The lowest BCUT2D eigenvalue weighted by Gasteiger charge is -2.49. The topological polar surface area (TPSA) is 104 Å². The first-order chi connectivity index (χ1) is 13.3. The smallest absolute Gasteiger partial charge is 0.311 e. The summed E-state index contributed by atoms with van der Waals surface area (Å²) in [6.07, 6.45) is 2.84. The highest BCUT2D eigenvalue weighted by molar-refractivity contribution is 5.78. The van der Waals surface area contributed by atoms with Crippen LogP contribution in [0.15, 0.2) is 18.2 Å². The first-order valence-electron chi connectivity index (χ1n) is 10.2. The van der Waals surface area contributed by atoms with Crippen LogP contribution in [-0.4, -0.2) is 39.5 Å². The molecule has 1 aromatic rings. The van der Waals surface area contributed by atoms with E-state index in [0.717, 1.165) is 25.7 Å². The minimum atomic E-state index is -1.01. The van der Waals surface area contributed by atoms with E-state index in [1.807, 2.05) is 12.1 Å². The number of carbonyl (C=O) groups is 2. The molecule has 1 aromatic carbocycles. The predicted molar refractivity (Wildman–Crippen MR) is 101 cm³/mol. The van der Waals surface area contributed by atoms with Crippen molar-refractivity contribution in [3.05, 3.63) is 29.3 Å². The minimum Gasteiger partial charge on any atom is -0.481 e. The molecule has 6 heteroatoms. The van der Waals surface area contributed by atoms with Crippen LogP contribution in [0.25, 0.3) is 0 Å². The molecule has 0 bridgehead atoms. The number of aryl methyl sites for hydroxylation is 1. The van der Waals surface area contributed by atoms with Gasteiger partial charge in [0, 0.05) is 0 Å². The quantitative estimate of drug-likeness (QED) is 0.541. The first-order valence-corrected chi connectivity index (χ1v) is 10.2. The van der Waals surface area contributed by atoms with Gasteiger partial charge in [-0.1, -0.05) is 13.0 Å². The van der Waals surface area contributed by atoms with Gasteiger partial charge in [0.25, 0.3) is 0 Å². The Labute approximate surface area is 164 Å². The van der Waals surface area contributed by atoms with Crippen molar-refractivity contribution in [1.82, 2.24) is 0 Å². The van der Waals surface area contributed by atoms with Gasteiger partial charge in [0.05, 0.1) is 25.0 Å². The molecule has 3 aliphatic rings. The van der Waals surface area contributed by atoms with Crippen molar-refractivity contribution in [2.45, 2.75) is 70.0 Å². The van der Waals surface area contributed by atoms with Gasteiger partial charge in [0.2, 0.25) is 0 Å². The lowest BCUT2D eigenvalue weighted by molar-refractivity contribution is -0.142. The third kappa shape index (κ3) is 3.22. The summed E-state index contributed by atoms with van der Waals surface area (Å²) >= 11 is 0. The molecule has 0 unspecified atom stereocenters. The molecule has 0 amide bonds. The molecule has 6 atom stereocenters. The molecule has 152 valence electrons. The van der Waals surface area contributed by atoms with E-state index in [1.54, 1.807) is 6.07 Å². The van der Waals surface area contributed by atoms with Crippen LogP contribution in [0.3, 0.4) is 0 Å². The van der Waals surface area contributed by atoms with Crippen molar-refractivity contribution in [3.8, 4) is 5.75 Å². The Hall–Kier alpha value is -1.92. The summed E-state index contributed by atoms with van der Waals surface area (Å²) in [5, 5.41) is 29.4. The molecule has 4 rings (SSSR count). The Morgan fingerprint density at radius 2 is 2.00 bits per heavy atom. The molecule has 6 nitrogen and oxygen atoms in total. The summed E-state index contributed by atoms with van der Waals surface area (Å²) < 4.78 is 5.31. The van der Waals surface area contributed by atoms with E-state index in [1.165, 1.54) is 11.1 Å². The molecular weight excluding hydrogens is 360 g/mol. The predicted octanol–water partition coefficient (Wildman–Crippen LogP) is 2.64. The molecule has 2 saturated carbocycles. The van der Waals surface area contributed by atoms with Crippen molar-refractivity contribution in [2.24, 2.45) is 17.3 Å². The standard InChI is InChI=1S/C22H28O6/c1-22-9-8-15-14-5-3-13(28-20(26)7-6-19(24)25)10-12(14)2-4-16(15)17(22)11-18(23)21(22)27/h3,5,10,15-18,21,23,27H,2,4,6-9,11H2,1H3,(H,24,25)/t15-,16-,17+,18-,21+,22+/m1/s1. The number of carbonyl (C=O) groups excluding carboxylic acids is 1. The molecule has 3 N–H and O–H groups in total. The summed E-state index contributed by atoms with van der Waals surface area (Å²) in [5.41, 5.74) is 2.28. The Kier molecular flexibility index (Phi) is 4.96. The summed E-state index contributed by atoms with van der Waals surface area (Å²) in [7, 11) is 0. The zero-order valence-electron chi connectivity index (χ0n) is 16.1. The maximum Gasteiger partial charge on any atom is 0.311 e. The third-order valence-electron chi connectivity index (χ3n) is 7.45. The summed E-state index contributed by atoms with van der Waals surface area (Å²) in [4.78, 5) is 22.4. The molecule has 0 spiro atoms. The third-order valence-corrected chi connectivity index (χ3v) is 7.45. The number of aliphatic hydroxyl groups is 2. The van der Waals surface area contributed by atoms with E-state index < -0.39 is 24.1 Å². The summed E-state index contributed by atoms with van der Waals surface area (Å²) in [6.45, 7) is 2.13. The fourth-order valence-corrected chi connectivity index (χ4v) is 6.00. The van der Waals surface area contributed by atoms with Crippen molar-refractivity contribution in [3.63, 3.8) is 0 Å². The number of esters is 1. The number of rotatable bonds is 4. The maximum atomic E-state index is 11.8. The van der Waals surface area contributed by atoms with Crippen LogP contribution in [0.1, 0.15) is 62.5 Å². The highest BCUT2D eigenvalue weighted by atomic mass is 16.5. The lowest BCUT2D eigenvalue weighted by Crippen LogP contribution is -2.44. The van der Waals surface area contributed by atoms with Crippen LogP contribution in [0.2, 0.25) is 0 Å². The van der Waals surface area contributed by atoms with Gasteiger partial charge in [-0.3, -0.25) is 9.59 Å². The van der Waals surface area contributed by atoms with Crippen LogP contribution in [0.4, 0.5) is 0 Å². The summed E-state index contributed by atoms with van der Waals surface area (Å²) in [6, 6.07) is 5.75. The average Bonchev–Trinajstić information content (AvgIpc) is 2.90. The lowest BCUT2D eigenvalue weighted by atomic mass is 9.55. The number of carboxylic acids is 1. The molecule has 0 radical (unpaired) electrons. The van der Waals surface area contributed by atoms with E-state index >= 15 is 0 Å². The number of hydrogen-bond acceptors (Lipinski definition) is 5. The minimum absolute atomic E-state index is 0.137. The number of benzene rings is 1. The fourth-order valence-electron chi connectivity index (χ4n) is 6.00. The fraction of sp³-hybridized carbons (Fsp3) is 0.636. The Balaban J connectivity index is 1.50. The van der Waals surface area contributed by atoms with Gasteiger partial charge in [0.1, 0.15) is 5.75 Å². The zero-order valence-corrected chi connectivity index (χ0v) is 16.1. The number of ether oxygens (including phenoxy) is 1. The van der Waals surface area contributed by atoms with Gasteiger partial charge in [0.15, 0.2) is 0 Å². The molecular formula is C22H28O6. The normalized spacial score (nSPS) is 36.2. The Morgan fingerprint density at radius 1 is 1.21 bits per heavy atom. The van der Waals surface area contributed by atoms with Crippen LogP contribution >= 0.6 is 0 Å². The largest absolute Gasteiger partial charge is 0.481 e. The monoisotopic (exact) mass is 388 g/mol. The van der Waals surface area contributed by atoms with Crippen LogP contribution in [0, 0.1) is 17.3 Å². The van der Waals surface area contributed by atoms with Gasteiger partial charge in [-0.05, 0) is 78.5 Å². The molecule has 28 heavy (non-hydrogen) atoms. The van der Waals surface area contributed by atoms with Crippen LogP contribution in [0.5, 0.6) is 5.75 Å². The Bertz CT molecular complexity index is 789. The van der Waals surface area contributed by atoms with E-state index in [-0.39, 0.29) is 18.3 Å². The molecule has 0 heterocycles. The maximum absolute atomic E-state index is 11.8. The van der Waals surface area contributed by atoms with Gasteiger partial charge >= 0.3 is 11.9 Å². The molecule has 3 aliphatic carbocycles. The number of aliphatic carboxylic acids is 1. The van der Waals surface area contributed by atoms with Crippen LogP contribution in [-0.2, 0) is 16.0 Å². The molecule has 0 aromatic heterocycles. The second kappa shape index (κ2) is 7.16. The highest BCUT2D eigenvalue weighted by Gasteiger charge is 2.57. The second-order valence-corrected chi connectivity index (χ2v) is 8.94. The number of fused-ring (bicyclic) bond motifs is 5. The second-order valence-electron chi connectivity index (χ2n) is 8.94. The zero-order chi connectivity index (χ0) is 20.1. The average molecular weight is 388 g/mol. The molecule has 0 saturated heterocycles.